The van der Waals surface area contributed by atoms with Crippen molar-refractivity contribution in [2.24, 2.45) is 10.9 Å². The minimum atomic E-state index is 0.441. The van der Waals surface area contributed by atoms with Crippen molar-refractivity contribution in [2.45, 2.75) is 19.9 Å². The Kier molecular flexibility index (Phi) is 6.64. The smallest absolute Gasteiger partial charge is 0.194 e. The fourth-order valence-electron chi connectivity index (χ4n) is 3.06. The number of benzene rings is 1. The van der Waals surface area contributed by atoms with E-state index < -0.39 is 0 Å². The molecule has 1 aliphatic rings. The number of methoxy groups -OCH3 is 1. The summed E-state index contributed by atoms with van der Waals surface area (Å²) < 4.78 is 10.7. The van der Waals surface area contributed by atoms with Gasteiger partial charge in [-0.25, -0.2) is 9.98 Å². The highest BCUT2D eigenvalue weighted by atomic mass is 16.5. The second-order valence-electron chi connectivity index (χ2n) is 6.61. The predicted octanol–water partition coefficient (Wildman–Crippen LogP) is 1.91. The van der Waals surface area contributed by atoms with Crippen LogP contribution in [-0.2, 0) is 11.3 Å². The Labute approximate surface area is 160 Å². The number of nitrogens with zero attached hydrogens (tertiary/aromatic N) is 4. The molecular weight excluding hydrogens is 344 g/mol. The van der Waals surface area contributed by atoms with Crippen LogP contribution in [-0.4, -0.2) is 66.5 Å². The van der Waals surface area contributed by atoms with Gasteiger partial charge in [0.25, 0.3) is 0 Å². The van der Waals surface area contributed by atoms with E-state index >= 15 is 0 Å². The van der Waals surface area contributed by atoms with Gasteiger partial charge in [-0.15, -0.1) is 0 Å². The van der Waals surface area contributed by atoms with E-state index in [0.29, 0.717) is 18.3 Å². The van der Waals surface area contributed by atoms with Crippen LogP contribution in [0.15, 0.2) is 29.3 Å². The van der Waals surface area contributed by atoms with Crippen molar-refractivity contribution in [3.05, 3.63) is 30.1 Å². The normalized spacial score (nSPS) is 17.1. The number of nitrogens with one attached hydrogen (secondary N) is 2. The number of aliphatic imine (C=N–C) groups is 1. The quantitative estimate of drug-likeness (QED) is 0.570. The summed E-state index contributed by atoms with van der Waals surface area (Å²) in [5, 5.41) is 10.6. The van der Waals surface area contributed by atoms with Gasteiger partial charge >= 0.3 is 0 Å². The number of hydrogen-bond donors (Lipinski definition) is 2. The van der Waals surface area contributed by atoms with Gasteiger partial charge in [0.2, 0.25) is 0 Å². The Balaban J connectivity index is 1.64. The van der Waals surface area contributed by atoms with Crippen LogP contribution in [0.3, 0.4) is 0 Å². The molecule has 0 spiro atoms. The minimum Gasteiger partial charge on any atom is -0.497 e. The molecule has 1 fully saturated rings. The van der Waals surface area contributed by atoms with Crippen molar-refractivity contribution in [1.29, 1.82) is 0 Å². The lowest BCUT2D eigenvalue weighted by Gasteiger charge is -2.24. The third-order valence-electron chi connectivity index (χ3n) is 4.51. The molecule has 1 saturated heterocycles. The van der Waals surface area contributed by atoms with E-state index in [1.807, 2.05) is 24.3 Å². The van der Waals surface area contributed by atoms with Crippen LogP contribution in [0.2, 0.25) is 0 Å². The van der Waals surface area contributed by atoms with E-state index in [4.69, 9.17) is 14.5 Å². The largest absolute Gasteiger partial charge is 0.497 e. The van der Waals surface area contributed by atoms with Crippen LogP contribution in [0.5, 0.6) is 5.75 Å². The Morgan fingerprint density at radius 2 is 2.22 bits per heavy atom. The number of hydrogen-bond acceptors (Lipinski definition) is 5. The van der Waals surface area contributed by atoms with E-state index in [2.05, 4.69) is 39.4 Å². The van der Waals surface area contributed by atoms with Gasteiger partial charge in [0.15, 0.2) is 11.8 Å². The van der Waals surface area contributed by atoms with Crippen LogP contribution in [0.25, 0.3) is 11.4 Å². The Morgan fingerprint density at radius 1 is 1.41 bits per heavy atom. The zero-order valence-electron chi connectivity index (χ0n) is 16.2. The summed E-state index contributed by atoms with van der Waals surface area (Å²) in [5.74, 6) is 3.63. The second kappa shape index (κ2) is 9.36. The summed E-state index contributed by atoms with van der Waals surface area (Å²) in [5.41, 5.74) is 0.938. The summed E-state index contributed by atoms with van der Waals surface area (Å²) in [6.45, 7) is 5.95. The van der Waals surface area contributed by atoms with Crippen molar-refractivity contribution in [1.82, 2.24) is 25.4 Å². The maximum atomic E-state index is 5.47. The van der Waals surface area contributed by atoms with Crippen LogP contribution in [0.1, 0.15) is 19.2 Å². The maximum absolute atomic E-state index is 5.47. The molecule has 27 heavy (non-hydrogen) atoms. The van der Waals surface area contributed by atoms with Gasteiger partial charge in [0, 0.05) is 38.2 Å². The molecule has 8 nitrogen and oxygen atoms in total. The van der Waals surface area contributed by atoms with E-state index in [1.54, 1.807) is 7.11 Å². The van der Waals surface area contributed by atoms with Gasteiger partial charge in [-0.2, -0.15) is 5.10 Å². The number of guanidine groups is 1. The first kappa shape index (κ1) is 19.2. The molecular formula is C19H28N6O2. The first-order valence-electron chi connectivity index (χ1n) is 9.32. The summed E-state index contributed by atoms with van der Waals surface area (Å²) in [4.78, 5) is 11.4. The summed E-state index contributed by atoms with van der Waals surface area (Å²) in [6, 6.07) is 7.68. The van der Waals surface area contributed by atoms with Gasteiger partial charge in [0.05, 0.1) is 13.7 Å². The van der Waals surface area contributed by atoms with E-state index in [0.717, 1.165) is 55.8 Å². The third-order valence-corrected chi connectivity index (χ3v) is 4.51. The van der Waals surface area contributed by atoms with Crippen molar-refractivity contribution in [2.75, 3.05) is 40.5 Å². The Hall–Kier alpha value is -2.61. The van der Waals surface area contributed by atoms with Crippen molar-refractivity contribution in [3.63, 3.8) is 0 Å². The molecule has 1 aliphatic heterocycles. The van der Waals surface area contributed by atoms with Crippen molar-refractivity contribution < 1.29 is 9.47 Å². The molecule has 0 aliphatic carbocycles. The number of ether oxygens (including phenoxy) is 2. The SMILES string of the molecule is CCNC(=NCc1nc(-c2ccc(OC)cc2)n[nH]1)N(C)CC1CCOC1. The molecule has 3 rings (SSSR count). The average Bonchev–Trinajstić information content (AvgIpc) is 3.37. The van der Waals surface area contributed by atoms with Crippen LogP contribution >= 0.6 is 0 Å². The van der Waals surface area contributed by atoms with Gasteiger partial charge in [0.1, 0.15) is 18.1 Å². The Bertz CT molecular complexity index is 737. The fourth-order valence-corrected chi connectivity index (χ4v) is 3.06. The number of aromatic nitrogens is 3. The topological polar surface area (TPSA) is 87.7 Å². The number of rotatable bonds is 7. The molecule has 0 saturated carbocycles. The third kappa shape index (κ3) is 5.19. The van der Waals surface area contributed by atoms with Crippen molar-refractivity contribution >= 4 is 5.96 Å². The summed E-state index contributed by atoms with van der Waals surface area (Å²) >= 11 is 0. The molecule has 1 aromatic carbocycles. The lowest BCUT2D eigenvalue weighted by atomic mass is 10.1. The van der Waals surface area contributed by atoms with Crippen LogP contribution < -0.4 is 10.1 Å². The molecule has 2 heterocycles. The van der Waals surface area contributed by atoms with Gasteiger partial charge in [-0.05, 0) is 37.6 Å². The standard InChI is InChI=1S/C19H28N6O2/c1-4-20-19(25(2)12-14-9-10-27-13-14)21-11-17-22-18(24-23-17)15-5-7-16(26-3)8-6-15/h5-8,14H,4,9-13H2,1-3H3,(H,20,21)(H,22,23,24). The lowest BCUT2D eigenvalue weighted by Crippen LogP contribution is -2.41. The summed E-state index contributed by atoms with van der Waals surface area (Å²) in [7, 11) is 3.71. The van der Waals surface area contributed by atoms with E-state index in [1.165, 1.54) is 0 Å². The van der Waals surface area contributed by atoms with Gasteiger partial charge < -0.3 is 19.7 Å². The zero-order valence-corrected chi connectivity index (χ0v) is 16.2. The maximum Gasteiger partial charge on any atom is 0.194 e. The van der Waals surface area contributed by atoms with E-state index in [9.17, 15) is 0 Å². The molecule has 0 amide bonds. The number of H-pyrrole nitrogens is 1. The molecule has 1 aromatic heterocycles. The van der Waals surface area contributed by atoms with Crippen LogP contribution in [0.4, 0.5) is 0 Å². The molecule has 0 radical (unpaired) electrons. The minimum absolute atomic E-state index is 0.441. The monoisotopic (exact) mass is 372 g/mol. The Morgan fingerprint density at radius 3 is 2.89 bits per heavy atom. The molecule has 0 bridgehead atoms. The predicted molar refractivity (Wildman–Crippen MR) is 105 cm³/mol. The first-order valence-corrected chi connectivity index (χ1v) is 9.32. The molecule has 146 valence electrons. The molecule has 2 aromatic rings. The first-order chi connectivity index (χ1) is 13.2. The molecule has 8 heteroatoms. The molecule has 2 N–H and O–H groups in total. The zero-order chi connectivity index (χ0) is 19.1. The highest BCUT2D eigenvalue weighted by Crippen LogP contribution is 2.19. The van der Waals surface area contributed by atoms with Gasteiger partial charge in [-0.1, -0.05) is 0 Å². The highest BCUT2D eigenvalue weighted by molar-refractivity contribution is 5.79. The van der Waals surface area contributed by atoms with E-state index in [-0.39, 0.29) is 0 Å². The lowest BCUT2D eigenvalue weighted by molar-refractivity contribution is 0.181. The fraction of sp³-hybridized carbons (Fsp3) is 0.526. The van der Waals surface area contributed by atoms with Crippen LogP contribution in [0, 0.1) is 5.92 Å². The van der Waals surface area contributed by atoms with Crippen molar-refractivity contribution in [3.8, 4) is 17.1 Å². The average molecular weight is 372 g/mol. The highest BCUT2D eigenvalue weighted by Gasteiger charge is 2.19. The second-order valence-corrected chi connectivity index (χ2v) is 6.61. The summed E-state index contributed by atoms with van der Waals surface area (Å²) in [6.07, 6.45) is 1.11. The molecule has 1 atom stereocenters. The van der Waals surface area contributed by atoms with Gasteiger partial charge in [-0.3, -0.25) is 5.10 Å². The molecule has 1 unspecified atom stereocenters. The number of aromatic amines is 1.